The Morgan fingerprint density at radius 3 is 2.17 bits per heavy atom. The van der Waals surface area contributed by atoms with E-state index in [2.05, 4.69) is 32.9 Å². The van der Waals surface area contributed by atoms with E-state index >= 15 is 0 Å². The molecule has 0 saturated carbocycles. The second kappa shape index (κ2) is 6.14. The molecule has 0 saturated heterocycles. The molecule has 0 unspecified atom stereocenters. The lowest BCUT2D eigenvalue weighted by molar-refractivity contribution is -0.124. The van der Waals surface area contributed by atoms with E-state index in [0.717, 1.165) is 5.56 Å². The molecule has 0 aliphatic rings. The first-order valence-corrected chi connectivity index (χ1v) is 6.52. The lowest BCUT2D eigenvalue weighted by Crippen LogP contribution is -2.15. The van der Waals surface area contributed by atoms with Crippen molar-refractivity contribution >= 4 is 5.78 Å². The summed E-state index contributed by atoms with van der Waals surface area (Å²) in [4.78, 5) is 11.7. The third-order valence-electron chi connectivity index (χ3n) is 2.80. The fraction of sp³-hybridized carbons (Fsp3) is 0.562. The lowest BCUT2D eigenvalue weighted by Gasteiger charge is -2.19. The first kappa shape index (κ1) is 14.9. The molecule has 100 valence electrons. The van der Waals surface area contributed by atoms with Gasteiger partial charge in [0.2, 0.25) is 0 Å². The quantitative estimate of drug-likeness (QED) is 0.797. The molecule has 0 aliphatic heterocycles. The third-order valence-corrected chi connectivity index (χ3v) is 2.80. The molecule has 0 N–H and O–H groups in total. The van der Waals surface area contributed by atoms with Gasteiger partial charge >= 0.3 is 0 Å². The topological polar surface area (TPSA) is 26.3 Å². The molecule has 2 heteroatoms. The van der Waals surface area contributed by atoms with Crippen molar-refractivity contribution in [3.8, 4) is 0 Å². The molecular weight excluding hydrogens is 224 g/mol. The summed E-state index contributed by atoms with van der Waals surface area (Å²) in [7, 11) is 0. The van der Waals surface area contributed by atoms with Crippen molar-refractivity contribution in [3.63, 3.8) is 0 Å². The van der Waals surface area contributed by atoms with Gasteiger partial charge in [-0.3, -0.25) is 4.79 Å². The largest absolute Gasteiger partial charge is 0.371 e. The molecular formula is C16H24O2. The molecule has 0 amide bonds. The molecule has 0 fully saturated rings. The minimum Gasteiger partial charge on any atom is -0.371 e. The van der Waals surface area contributed by atoms with E-state index in [1.807, 2.05) is 26.0 Å². The van der Waals surface area contributed by atoms with Crippen LogP contribution in [0.2, 0.25) is 0 Å². The van der Waals surface area contributed by atoms with Crippen molar-refractivity contribution in [2.75, 3.05) is 6.61 Å². The van der Waals surface area contributed by atoms with E-state index < -0.39 is 0 Å². The summed E-state index contributed by atoms with van der Waals surface area (Å²) in [6.45, 7) is 10.6. The number of hydrogen-bond donors (Lipinski definition) is 0. The van der Waals surface area contributed by atoms with Crippen molar-refractivity contribution in [1.82, 2.24) is 0 Å². The fourth-order valence-electron chi connectivity index (χ4n) is 1.66. The minimum atomic E-state index is 0.109. The second-order valence-corrected chi connectivity index (χ2v) is 6.02. The number of benzene rings is 1. The van der Waals surface area contributed by atoms with Crippen molar-refractivity contribution in [2.24, 2.45) is 0 Å². The monoisotopic (exact) mass is 248 g/mol. The molecule has 1 rings (SSSR count). The first-order valence-electron chi connectivity index (χ1n) is 6.52. The van der Waals surface area contributed by atoms with Gasteiger partial charge in [0.25, 0.3) is 0 Å². The van der Waals surface area contributed by atoms with E-state index in [1.54, 1.807) is 0 Å². The Labute approximate surface area is 110 Å². The highest BCUT2D eigenvalue weighted by molar-refractivity contribution is 5.82. The van der Waals surface area contributed by atoms with Crippen LogP contribution in [-0.4, -0.2) is 18.5 Å². The van der Waals surface area contributed by atoms with E-state index in [0.29, 0.717) is 6.42 Å². The highest BCUT2D eigenvalue weighted by Crippen LogP contribution is 2.22. The highest BCUT2D eigenvalue weighted by atomic mass is 16.5. The van der Waals surface area contributed by atoms with Crippen LogP contribution in [0, 0.1) is 0 Å². The van der Waals surface area contributed by atoms with Gasteiger partial charge in [-0.15, -0.1) is 0 Å². The molecule has 0 atom stereocenters. The van der Waals surface area contributed by atoms with Gasteiger partial charge in [-0.2, -0.15) is 0 Å². The summed E-state index contributed by atoms with van der Waals surface area (Å²) >= 11 is 0. The summed E-state index contributed by atoms with van der Waals surface area (Å²) in [5.74, 6) is 0.132. The number of carbonyl (C=O) groups excluding carboxylic acids is 1. The van der Waals surface area contributed by atoms with Crippen LogP contribution in [0.15, 0.2) is 24.3 Å². The van der Waals surface area contributed by atoms with Gasteiger partial charge in [0.05, 0.1) is 6.10 Å². The number of rotatable bonds is 5. The Hall–Kier alpha value is -1.15. The van der Waals surface area contributed by atoms with E-state index in [4.69, 9.17) is 4.74 Å². The van der Waals surface area contributed by atoms with Crippen molar-refractivity contribution in [1.29, 1.82) is 0 Å². The molecule has 0 heterocycles. The lowest BCUT2D eigenvalue weighted by atomic mass is 9.86. The SMILES string of the molecule is CC(C)OCC(=O)Cc1ccc(C(C)(C)C)cc1. The zero-order valence-corrected chi connectivity index (χ0v) is 12.1. The van der Waals surface area contributed by atoms with Crippen LogP contribution < -0.4 is 0 Å². The van der Waals surface area contributed by atoms with Gasteiger partial charge in [0.1, 0.15) is 6.61 Å². The molecule has 0 spiro atoms. The van der Waals surface area contributed by atoms with Crippen molar-refractivity contribution in [3.05, 3.63) is 35.4 Å². The molecule has 0 bridgehead atoms. The predicted octanol–water partition coefficient (Wildman–Crippen LogP) is 3.52. The molecule has 0 radical (unpaired) electrons. The highest BCUT2D eigenvalue weighted by Gasteiger charge is 2.13. The van der Waals surface area contributed by atoms with Gasteiger partial charge in [-0.05, 0) is 30.4 Å². The molecule has 0 aromatic heterocycles. The first-order chi connectivity index (χ1) is 8.29. The average Bonchev–Trinajstić information content (AvgIpc) is 2.26. The minimum absolute atomic E-state index is 0.109. The summed E-state index contributed by atoms with van der Waals surface area (Å²) in [6, 6.07) is 8.28. The fourth-order valence-corrected chi connectivity index (χ4v) is 1.66. The Morgan fingerprint density at radius 1 is 1.17 bits per heavy atom. The van der Waals surface area contributed by atoms with Crippen LogP contribution in [0.5, 0.6) is 0 Å². The van der Waals surface area contributed by atoms with E-state index in [-0.39, 0.29) is 23.9 Å². The van der Waals surface area contributed by atoms with Crippen LogP contribution in [0.4, 0.5) is 0 Å². The standard InChI is InChI=1S/C16H24O2/c1-12(2)18-11-15(17)10-13-6-8-14(9-7-13)16(3,4)5/h6-9,12H,10-11H2,1-5H3. The van der Waals surface area contributed by atoms with Crippen molar-refractivity contribution in [2.45, 2.75) is 52.6 Å². The van der Waals surface area contributed by atoms with Gasteiger partial charge < -0.3 is 4.74 Å². The number of carbonyl (C=O) groups is 1. The molecule has 18 heavy (non-hydrogen) atoms. The average molecular weight is 248 g/mol. The maximum Gasteiger partial charge on any atom is 0.162 e. The molecule has 2 nitrogen and oxygen atoms in total. The number of ketones is 1. The van der Waals surface area contributed by atoms with Crippen LogP contribution in [0.25, 0.3) is 0 Å². The van der Waals surface area contributed by atoms with E-state index in [1.165, 1.54) is 5.56 Å². The maximum absolute atomic E-state index is 11.7. The van der Waals surface area contributed by atoms with Gasteiger partial charge in [-0.1, -0.05) is 45.0 Å². The zero-order chi connectivity index (χ0) is 13.8. The normalized spacial score (nSPS) is 11.9. The predicted molar refractivity (Wildman–Crippen MR) is 74.9 cm³/mol. The Bertz CT molecular complexity index is 383. The molecule has 1 aromatic carbocycles. The van der Waals surface area contributed by atoms with Crippen LogP contribution in [0.3, 0.4) is 0 Å². The summed E-state index contributed by atoms with van der Waals surface area (Å²) < 4.78 is 5.30. The Morgan fingerprint density at radius 2 is 1.72 bits per heavy atom. The van der Waals surface area contributed by atoms with Crippen LogP contribution >= 0.6 is 0 Å². The van der Waals surface area contributed by atoms with Crippen molar-refractivity contribution < 1.29 is 9.53 Å². The van der Waals surface area contributed by atoms with Gasteiger partial charge in [-0.25, -0.2) is 0 Å². The van der Waals surface area contributed by atoms with Crippen LogP contribution in [0.1, 0.15) is 45.7 Å². The molecule has 1 aromatic rings. The Kier molecular flexibility index (Phi) is 5.09. The van der Waals surface area contributed by atoms with E-state index in [9.17, 15) is 4.79 Å². The van der Waals surface area contributed by atoms with Crippen LogP contribution in [-0.2, 0) is 21.4 Å². The maximum atomic E-state index is 11.7. The zero-order valence-electron chi connectivity index (χ0n) is 12.1. The number of ether oxygens (including phenoxy) is 1. The smallest absolute Gasteiger partial charge is 0.162 e. The summed E-state index contributed by atoms with van der Waals surface area (Å²) in [6.07, 6.45) is 0.564. The number of Topliss-reactive ketones (excluding diaryl/α,β-unsaturated/α-hetero) is 1. The van der Waals surface area contributed by atoms with Gasteiger partial charge in [0.15, 0.2) is 5.78 Å². The third kappa shape index (κ3) is 5.01. The number of hydrogen-bond acceptors (Lipinski definition) is 2. The summed E-state index contributed by atoms with van der Waals surface area (Å²) in [5.41, 5.74) is 2.50. The molecule has 0 aliphatic carbocycles. The van der Waals surface area contributed by atoms with Gasteiger partial charge in [0, 0.05) is 6.42 Å². The Balaban J connectivity index is 2.56. The second-order valence-electron chi connectivity index (χ2n) is 6.02. The summed E-state index contributed by atoms with van der Waals surface area (Å²) in [5, 5.41) is 0.